The van der Waals surface area contributed by atoms with Crippen molar-refractivity contribution >= 4 is 5.97 Å². The number of ether oxygens (including phenoxy) is 2. The average Bonchev–Trinajstić information content (AvgIpc) is 2.65. The van der Waals surface area contributed by atoms with Crippen molar-refractivity contribution in [3.05, 3.63) is 65.7 Å². The van der Waals surface area contributed by atoms with Gasteiger partial charge in [0.05, 0.1) is 6.61 Å². The van der Waals surface area contributed by atoms with Crippen LogP contribution in [0, 0.1) is 5.92 Å². The van der Waals surface area contributed by atoms with Crippen LogP contribution in [-0.2, 0) is 21.7 Å². The van der Waals surface area contributed by atoms with Gasteiger partial charge in [-0.15, -0.1) is 0 Å². The summed E-state index contributed by atoms with van der Waals surface area (Å²) < 4.78 is 12.4. The number of para-hydroxylation sites is 1. The molecule has 1 N–H and O–H groups in total. The Kier molecular flexibility index (Phi) is 5.39. The molecule has 4 nitrogen and oxygen atoms in total. The highest BCUT2D eigenvalue weighted by Gasteiger charge is 2.51. The van der Waals surface area contributed by atoms with Gasteiger partial charge in [0.15, 0.2) is 0 Å². The molecule has 0 spiro atoms. The van der Waals surface area contributed by atoms with Crippen molar-refractivity contribution in [2.45, 2.75) is 38.4 Å². The molecule has 0 fully saturated rings. The van der Waals surface area contributed by atoms with Gasteiger partial charge in [-0.3, -0.25) is 4.79 Å². The highest BCUT2D eigenvalue weighted by atomic mass is 16.7. The Hall–Kier alpha value is -2.33. The highest BCUT2D eigenvalue weighted by Crippen LogP contribution is 2.44. The molecule has 0 amide bonds. The molecule has 2 aromatic carbocycles. The summed E-state index contributed by atoms with van der Waals surface area (Å²) in [4.78, 5) is 12.1. The van der Waals surface area contributed by atoms with Crippen LogP contribution in [0.15, 0.2) is 54.6 Å². The Morgan fingerprint density at radius 1 is 1.16 bits per heavy atom. The Labute approximate surface area is 148 Å². The second-order valence-electron chi connectivity index (χ2n) is 6.39. The molecule has 3 rings (SSSR count). The smallest absolute Gasteiger partial charge is 0.313 e. The lowest BCUT2D eigenvalue weighted by Crippen LogP contribution is -2.50. The molecule has 0 aliphatic carbocycles. The summed E-state index contributed by atoms with van der Waals surface area (Å²) in [6, 6.07) is 17.0. The van der Waals surface area contributed by atoms with Crippen molar-refractivity contribution < 1.29 is 19.4 Å². The molecule has 0 aromatic heterocycles. The monoisotopic (exact) mass is 340 g/mol. The summed E-state index contributed by atoms with van der Waals surface area (Å²) in [5, 5.41) is 9.90. The quantitative estimate of drug-likeness (QED) is 0.760. The zero-order valence-electron chi connectivity index (χ0n) is 14.5. The van der Waals surface area contributed by atoms with E-state index in [9.17, 15) is 9.90 Å². The summed E-state index contributed by atoms with van der Waals surface area (Å²) in [5.74, 6) is -2.31. The minimum Gasteiger partial charge on any atom is -0.481 e. The minimum absolute atomic E-state index is 0.383. The molecule has 2 atom stereocenters. The van der Waals surface area contributed by atoms with Crippen LogP contribution in [0.4, 0.5) is 0 Å². The number of aliphatic carboxylic acids is 1. The number of hydrogen-bond donors (Lipinski definition) is 1. The van der Waals surface area contributed by atoms with E-state index in [1.54, 1.807) is 0 Å². The third-order valence-electron chi connectivity index (χ3n) is 4.66. The molecule has 1 aliphatic rings. The van der Waals surface area contributed by atoms with Crippen LogP contribution < -0.4 is 4.74 Å². The topological polar surface area (TPSA) is 55.8 Å². The second-order valence-corrected chi connectivity index (χ2v) is 6.39. The van der Waals surface area contributed by atoms with Gasteiger partial charge in [0.1, 0.15) is 11.7 Å². The van der Waals surface area contributed by atoms with E-state index in [2.05, 4.69) is 6.92 Å². The van der Waals surface area contributed by atoms with Crippen LogP contribution in [0.5, 0.6) is 5.75 Å². The predicted molar refractivity (Wildman–Crippen MR) is 95.5 cm³/mol. The van der Waals surface area contributed by atoms with Gasteiger partial charge in [-0.1, -0.05) is 68.3 Å². The maximum Gasteiger partial charge on any atom is 0.313 e. The Bertz CT molecular complexity index is 713. The van der Waals surface area contributed by atoms with E-state index in [-0.39, 0.29) is 0 Å². The zero-order chi connectivity index (χ0) is 17.7. The maximum absolute atomic E-state index is 12.1. The van der Waals surface area contributed by atoms with E-state index in [0.717, 1.165) is 30.4 Å². The van der Waals surface area contributed by atoms with E-state index in [4.69, 9.17) is 9.47 Å². The lowest BCUT2D eigenvalue weighted by atomic mass is 9.83. The molecular weight excluding hydrogens is 316 g/mol. The van der Waals surface area contributed by atoms with E-state index in [1.807, 2.05) is 54.6 Å². The summed E-state index contributed by atoms with van der Waals surface area (Å²) >= 11 is 0. The molecule has 0 bridgehead atoms. The first kappa shape index (κ1) is 17.5. The zero-order valence-corrected chi connectivity index (χ0v) is 14.5. The molecule has 4 heteroatoms. The van der Waals surface area contributed by atoms with Crippen LogP contribution in [0.1, 0.15) is 37.3 Å². The molecule has 2 aromatic rings. The number of rotatable bonds is 7. The van der Waals surface area contributed by atoms with Crippen molar-refractivity contribution in [1.29, 1.82) is 0 Å². The number of unbranched alkanes of at least 4 members (excludes halogenated alkanes) is 2. The van der Waals surface area contributed by atoms with Gasteiger partial charge in [0.25, 0.3) is 5.79 Å². The van der Waals surface area contributed by atoms with Crippen molar-refractivity contribution in [2.24, 2.45) is 5.92 Å². The summed E-state index contributed by atoms with van der Waals surface area (Å²) in [6.45, 7) is 2.59. The highest BCUT2D eigenvalue weighted by molar-refractivity contribution is 5.73. The fourth-order valence-electron chi connectivity index (χ4n) is 3.33. The number of hydrogen-bond acceptors (Lipinski definition) is 3. The SMILES string of the molecule is CCCCCOC1(c2ccccc2)Oc2ccccc2CC1C(=O)O. The number of carboxylic acids is 1. The summed E-state index contributed by atoms with van der Waals surface area (Å²) in [7, 11) is 0. The first-order valence-corrected chi connectivity index (χ1v) is 8.86. The van der Waals surface area contributed by atoms with Gasteiger partial charge in [-0.2, -0.15) is 0 Å². The summed E-state index contributed by atoms with van der Waals surface area (Å²) in [5.41, 5.74) is 1.65. The van der Waals surface area contributed by atoms with Crippen LogP contribution in [0.25, 0.3) is 0 Å². The maximum atomic E-state index is 12.1. The standard InChI is InChI=1S/C21H24O4/c1-2-3-9-14-24-21(17-11-5-4-6-12-17)18(20(22)23)15-16-10-7-8-13-19(16)25-21/h4-8,10-13,18H,2-3,9,14-15H2,1H3,(H,22,23). The summed E-state index contributed by atoms with van der Waals surface area (Å²) in [6.07, 6.45) is 3.38. The minimum atomic E-state index is -1.30. The average molecular weight is 340 g/mol. The third kappa shape index (κ3) is 3.54. The molecule has 2 unspecified atom stereocenters. The van der Waals surface area contributed by atoms with Gasteiger partial charge in [-0.05, 0) is 24.5 Å². The van der Waals surface area contributed by atoms with Crippen LogP contribution >= 0.6 is 0 Å². The van der Waals surface area contributed by atoms with Gasteiger partial charge >= 0.3 is 5.97 Å². The number of fused-ring (bicyclic) bond motifs is 1. The Balaban J connectivity index is 2.02. The third-order valence-corrected chi connectivity index (χ3v) is 4.66. The molecule has 1 heterocycles. The van der Waals surface area contributed by atoms with Gasteiger partial charge in [-0.25, -0.2) is 0 Å². The van der Waals surface area contributed by atoms with Crippen LogP contribution in [0.2, 0.25) is 0 Å². The molecule has 0 saturated carbocycles. The first-order chi connectivity index (χ1) is 12.2. The van der Waals surface area contributed by atoms with E-state index >= 15 is 0 Å². The van der Waals surface area contributed by atoms with E-state index < -0.39 is 17.7 Å². The predicted octanol–water partition coefficient (Wildman–Crippen LogP) is 4.38. The molecule has 1 aliphatic heterocycles. The van der Waals surface area contributed by atoms with Crippen LogP contribution in [0.3, 0.4) is 0 Å². The lowest BCUT2D eigenvalue weighted by Gasteiger charge is -2.42. The molecule has 25 heavy (non-hydrogen) atoms. The number of carbonyl (C=O) groups is 1. The normalized spacial score (nSPS) is 22.0. The van der Waals surface area contributed by atoms with E-state index in [0.29, 0.717) is 18.8 Å². The van der Waals surface area contributed by atoms with Crippen molar-refractivity contribution in [2.75, 3.05) is 6.61 Å². The fraction of sp³-hybridized carbons (Fsp3) is 0.381. The lowest BCUT2D eigenvalue weighted by molar-refractivity contribution is -0.238. The molecule has 132 valence electrons. The fourth-order valence-corrected chi connectivity index (χ4v) is 3.33. The van der Waals surface area contributed by atoms with Crippen molar-refractivity contribution in [1.82, 2.24) is 0 Å². The van der Waals surface area contributed by atoms with Gasteiger partial charge in [0, 0.05) is 5.56 Å². The number of benzene rings is 2. The van der Waals surface area contributed by atoms with E-state index in [1.165, 1.54) is 0 Å². The molecule has 0 radical (unpaired) electrons. The first-order valence-electron chi connectivity index (χ1n) is 8.86. The van der Waals surface area contributed by atoms with Crippen LogP contribution in [-0.4, -0.2) is 17.7 Å². The van der Waals surface area contributed by atoms with Gasteiger partial charge in [0.2, 0.25) is 0 Å². The molecule has 0 saturated heterocycles. The second kappa shape index (κ2) is 7.70. The Morgan fingerprint density at radius 2 is 1.88 bits per heavy atom. The van der Waals surface area contributed by atoms with Crippen molar-refractivity contribution in [3.63, 3.8) is 0 Å². The van der Waals surface area contributed by atoms with Gasteiger partial charge < -0.3 is 14.6 Å². The Morgan fingerprint density at radius 3 is 2.60 bits per heavy atom. The largest absolute Gasteiger partial charge is 0.481 e. The van der Waals surface area contributed by atoms with Crippen molar-refractivity contribution in [3.8, 4) is 5.75 Å². The molecular formula is C21H24O4. The number of carboxylic acid groups (broad SMARTS) is 1.